The van der Waals surface area contributed by atoms with Gasteiger partial charge >= 0.3 is 6.03 Å². The molecule has 0 radical (unpaired) electrons. The van der Waals surface area contributed by atoms with Crippen LogP contribution in [0.3, 0.4) is 0 Å². The van der Waals surface area contributed by atoms with Crippen LogP contribution in [-0.2, 0) is 11.2 Å². The van der Waals surface area contributed by atoms with Crippen molar-refractivity contribution in [2.45, 2.75) is 103 Å². The molecule has 3 amide bonds. The van der Waals surface area contributed by atoms with Crippen LogP contribution in [-0.4, -0.2) is 35.0 Å². The summed E-state index contributed by atoms with van der Waals surface area (Å²) in [7, 11) is 0. The summed E-state index contributed by atoms with van der Waals surface area (Å²) in [5, 5.41) is 18.6. The first-order chi connectivity index (χ1) is 17.1. The van der Waals surface area contributed by atoms with Crippen LogP contribution in [0.2, 0.25) is 0 Å². The van der Waals surface area contributed by atoms with Crippen molar-refractivity contribution in [1.29, 1.82) is 5.26 Å². The lowest BCUT2D eigenvalue weighted by Crippen LogP contribution is -2.55. The van der Waals surface area contributed by atoms with Gasteiger partial charge in [0.05, 0.1) is 6.07 Å². The van der Waals surface area contributed by atoms with Crippen molar-refractivity contribution >= 4 is 17.8 Å². The van der Waals surface area contributed by atoms with Crippen LogP contribution in [0.4, 0.5) is 10.6 Å². The number of carbonyl (C=O) groups excluding carboxylic acids is 2. The average Bonchev–Trinajstić information content (AvgIpc) is 3.18. The number of nitrogens with one attached hydrogen (secondary N) is 3. The Kier molecular flexibility index (Phi) is 7.77. The molecule has 3 saturated carbocycles. The Bertz CT molecular complexity index is 978. The maximum Gasteiger partial charge on any atom is 0.316 e. The highest BCUT2D eigenvalue weighted by Crippen LogP contribution is 2.65. The number of pyridine rings is 1. The van der Waals surface area contributed by atoms with Crippen molar-refractivity contribution in [1.82, 2.24) is 20.9 Å². The predicted octanol–water partition coefficient (Wildman–Crippen LogP) is 4.07. The molecule has 5 N–H and O–H groups in total. The van der Waals surface area contributed by atoms with Crippen LogP contribution >= 0.6 is 0 Å². The summed E-state index contributed by atoms with van der Waals surface area (Å²) >= 11 is 0. The van der Waals surface area contributed by atoms with Crippen molar-refractivity contribution in [3.8, 4) is 6.07 Å². The minimum atomic E-state index is -0.736. The van der Waals surface area contributed by atoms with E-state index in [1.807, 2.05) is 0 Å². The lowest BCUT2D eigenvalue weighted by Gasteiger charge is -2.33. The molecular formula is C28H42N6O2. The number of amides is 3. The molecule has 1 heterocycles. The van der Waals surface area contributed by atoms with E-state index in [-0.39, 0.29) is 22.8 Å². The molecule has 1 aromatic heterocycles. The topological polar surface area (TPSA) is 133 Å². The standard InChI is InChI=1S/C28H42N6O2/c1-27(2)21-11-12-28(27,3)15-23(21)33-25(35)22(14-18-7-5-4-6-8-18)34-26(36)32-20(16-29)13-19-9-10-24(30)31-17-19/h9-10,17-18,20-23H,4-8,11-15H2,1-3H3,(H2,30,31)(H,33,35)(H2,32,34,36)/t20-,21?,22+,23?,28?/m0/s1. The molecule has 0 aliphatic heterocycles. The molecule has 3 aliphatic carbocycles. The van der Waals surface area contributed by atoms with Gasteiger partial charge in [0.15, 0.2) is 0 Å². The second kappa shape index (κ2) is 10.7. The van der Waals surface area contributed by atoms with E-state index in [2.05, 4.69) is 47.8 Å². The normalized spacial score (nSPS) is 28.6. The summed E-state index contributed by atoms with van der Waals surface area (Å²) in [6.07, 6.45) is 11.7. The Labute approximate surface area is 215 Å². The summed E-state index contributed by atoms with van der Waals surface area (Å²) < 4.78 is 0. The molecule has 196 valence electrons. The second-order valence-corrected chi connectivity index (χ2v) is 12.1. The highest BCUT2D eigenvalue weighted by molar-refractivity contribution is 5.87. The molecule has 3 fully saturated rings. The van der Waals surface area contributed by atoms with E-state index in [0.29, 0.717) is 30.5 Å². The fourth-order valence-electron chi connectivity index (χ4n) is 7.00. The molecule has 4 rings (SSSR count). The smallest absolute Gasteiger partial charge is 0.316 e. The fourth-order valence-corrected chi connectivity index (χ4v) is 7.00. The van der Waals surface area contributed by atoms with Crippen LogP contribution < -0.4 is 21.7 Å². The largest absolute Gasteiger partial charge is 0.384 e. The van der Waals surface area contributed by atoms with Crippen LogP contribution in [0.15, 0.2) is 18.3 Å². The molecular weight excluding hydrogens is 452 g/mol. The maximum atomic E-state index is 13.5. The Balaban J connectivity index is 1.39. The van der Waals surface area contributed by atoms with Crippen molar-refractivity contribution in [2.24, 2.45) is 22.7 Å². The van der Waals surface area contributed by atoms with Gasteiger partial charge in [0.1, 0.15) is 17.9 Å². The third-order valence-electron chi connectivity index (χ3n) is 9.64. The lowest BCUT2D eigenvalue weighted by molar-refractivity contribution is -0.124. The van der Waals surface area contributed by atoms with Crippen LogP contribution in [0.1, 0.15) is 84.1 Å². The van der Waals surface area contributed by atoms with E-state index >= 15 is 0 Å². The first-order valence-electron chi connectivity index (χ1n) is 13.6. The molecule has 8 heteroatoms. The van der Waals surface area contributed by atoms with Gasteiger partial charge in [0, 0.05) is 18.7 Å². The average molecular weight is 495 g/mol. The number of anilines is 1. The monoisotopic (exact) mass is 494 g/mol. The zero-order valence-electron chi connectivity index (χ0n) is 22.0. The number of nitrogen functional groups attached to an aromatic ring is 1. The number of urea groups is 1. The summed E-state index contributed by atoms with van der Waals surface area (Å²) in [5.74, 6) is 1.20. The van der Waals surface area contributed by atoms with Crippen molar-refractivity contribution in [2.75, 3.05) is 5.73 Å². The van der Waals surface area contributed by atoms with Gasteiger partial charge in [0.25, 0.3) is 0 Å². The maximum absolute atomic E-state index is 13.5. The lowest BCUT2D eigenvalue weighted by atomic mass is 9.71. The zero-order chi connectivity index (χ0) is 25.9. The summed E-state index contributed by atoms with van der Waals surface area (Å²) in [6.45, 7) is 7.02. The van der Waals surface area contributed by atoms with Gasteiger partial charge in [-0.05, 0) is 60.0 Å². The number of aromatic nitrogens is 1. The number of fused-ring (bicyclic) bond motifs is 2. The van der Waals surface area contributed by atoms with Crippen LogP contribution in [0.5, 0.6) is 0 Å². The van der Waals surface area contributed by atoms with Gasteiger partial charge in [-0.3, -0.25) is 4.79 Å². The molecule has 0 aromatic carbocycles. The predicted molar refractivity (Wildman–Crippen MR) is 140 cm³/mol. The molecule has 5 atom stereocenters. The molecule has 36 heavy (non-hydrogen) atoms. The van der Waals surface area contributed by atoms with Crippen molar-refractivity contribution < 1.29 is 9.59 Å². The first kappa shape index (κ1) is 26.2. The third kappa shape index (κ3) is 5.61. The third-order valence-corrected chi connectivity index (χ3v) is 9.64. The summed E-state index contributed by atoms with van der Waals surface area (Å²) in [4.78, 5) is 30.5. The van der Waals surface area contributed by atoms with Crippen molar-refractivity contribution in [3.05, 3.63) is 23.9 Å². The number of carbonyl (C=O) groups is 2. The Morgan fingerprint density at radius 2 is 1.92 bits per heavy atom. The van der Waals surface area contributed by atoms with Crippen molar-refractivity contribution in [3.63, 3.8) is 0 Å². The van der Waals surface area contributed by atoms with Gasteiger partial charge in [-0.25, -0.2) is 9.78 Å². The quantitative estimate of drug-likeness (QED) is 0.432. The zero-order valence-corrected chi connectivity index (χ0v) is 22.0. The van der Waals surface area contributed by atoms with Gasteiger partial charge in [-0.1, -0.05) is 58.9 Å². The Morgan fingerprint density at radius 3 is 2.50 bits per heavy atom. The van der Waals surface area contributed by atoms with Gasteiger partial charge in [-0.2, -0.15) is 5.26 Å². The summed E-state index contributed by atoms with van der Waals surface area (Å²) in [5.41, 5.74) is 6.89. The number of nitrogens with zero attached hydrogens (tertiary/aromatic N) is 2. The van der Waals surface area contributed by atoms with Crippen LogP contribution in [0.25, 0.3) is 0 Å². The van der Waals surface area contributed by atoms with E-state index in [4.69, 9.17) is 5.73 Å². The minimum Gasteiger partial charge on any atom is -0.384 e. The van der Waals surface area contributed by atoms with E-state index in [1.165, 1.54) is 25.7 Å². The number of nitrogens with two attached hydrogens (primary N) is 1. The second-order valence-electron chi connectivity index (χ2n) is 12.1. The van der Waals surface area contributed by atoms with Gasteiger partial charge in [-0.15, -0.1) is 0 Å². The Hall–Kier alpha value is -2.82. The van der Waals surface area contributed by atoms with Gasteiger partial charge < -0.3 is 21.7 Å². The van der Waals surface area contributed by atoms with Gasteiger partial charge in [0.2, 0.25) is 5.91 Å². The summed E-state index contributed by atoms with van der Waals surface area (Å²) in [6, 6.07) is 3.92. The highest BCUT2D eigenvalue weighted by Gasteiger charge is 2.60. The van der Waals surface area contributed by atoms with E-state index in [0.717, 1.165) is 31.2 Å². The van der Waals surface area contributed by atoms with Crippen LogP contribution in [0, 0.1) is 34.0 Å². The Morgan fingerprint density at radius 1 is 1.17 bits per heavy atom. The molecule has 8 nitrogen and oxygen atoms in total. The fraction of sp³-hybridized carbons (Fsp3) is 0.714. The molecule has 2 bridgehead atoms. The molecule has 3 unspecified atom stereocenters. The van der Waals surface area contributed by atoms with E-state index in [9.17, 15) is 14.9 Å². The molecule has 3 aliphatic rings. The number of hydrogen-bond donors (Lipinski definition) is 4. The minimum absolute atomic E-state index is 0.0936. The van der Waals surface area contributed by atoms with E-state index < -0.39 is 18.1 Å². The SMILES string of the molecule is CC12CCC(C(NC(=O)[C@@H](CC3CCCCC3)NC(=O)N[C@H](C#N)Cc3ccc(N)nc3)C1)C2(C)C. The highest BCUT2D eigenvalue weighted by atomic mass is 16.2. The first-order valence-corrected chi connectivity index (χ1v) is 13.6. The molecule has 0 spiro atoms. The van der Waals surface area contributed by atoms with E-state index in [1.54, 1.807) is 18.3 Å². The number of hydrogen-bond acceptors (Lipinski definition) is 5. The number of rotatable bonds is 8. The molecule has 1 aromatic rings. The number of nitriles is 1. The molecule has 0 saturated heterocycles.